The smallest absolute Gasteiger partial charge is 0.135 e. The number of benzene rings is 1. The number of aryl methyl sites for hydroxylation is 2. The van der Waals surface area contributed by atoms with Crippen LogP contribution < -0.4 is 4.90 Å². The molecule has 2 aromatic rings. The number of nitrogens with zero attached hydrogens (tertiary/aromatic N) is 2. The molecule has 0 fully saturated rings. The molecule has 3 nitrogen and oxygen atoms in total. The molecule has 1 N–H and O–H groups in total. The first-order chi connectivity index (χ1) is 10.2. The summed E-state index contributed by atoms with van der Waals surface area (Å²) in [5, 5.41) is 9.96. The molecule has 0 saturated carbocycles. The first kappa shape index (κ1) is 14.1. The van der Waals surface area contributed by atoms with Crippen molar-refractivity contribution >= 4 is 11.5 Å². The Morgan fingerprint density at radius 2 is 2.14 bits per heavy atom. The average Bonchev–Trinajstić information content (AvgIpc) is 2.53. The van der Waals surface area contributed by atoms with E-state index in [-0.39, 0.29) is 0 Å². The molecule has 3 rings (SSSR count). The molecular weight excluding hydrogens is 260 g/mol. The molecule has 1 atom stereocenters. The van der Waals surface area contributed by atoms with Crippen LogP contribution >= 0.6 is 0 Å². The van der Waals surface area contributed by atoms with Gasteiger partial charge in [0.05, 0.1) is 6.10 Å². The highest BCUT2D eigenvalue weighted by molar-refractivity contribution is 5.67. The number of pyridine rings is 1. The van der Waals surface area contributed by atoms with Crippen molar-refractivity contribution in [3.63, 3.8) is 0 Å². The Morgan fingerprint density at radius 3 is 2.90 bits per heavy atom. The van der Waals surface area contributed by atoms with E-state index >= 15 is 0 Å². The fourth-order valence-electron chi connectivity index (χ4n) is 3.04. The number of aromatic nitrogens is 1. The molecule has 0 radical (unpaired) electrons. The van der Waals surface area contributed by atoms with E-state index in [1.54, 1.807) is 0 Å². The normalized spacial score (nSPS) is 15.7. The molecule has 2 heterocycles. The van der Waals surface area contributed by atoms with Crippen LogP contribution in [0.15, 0.2) is 36.5 Å². The lowest BCUT2D eigenvalue weighted by Crippen LogP contribution is -2.26. The molecule has 1 unspecified atom stereocenters. The van der Waals surface area contributed by atoms with Crippen molar-refractivity contribution in [2.75, 3.05) is 11.4 Å². The fourth-order valence-corrected chi connectivity index (χ4v) is 3.04. The Labute approximate surface area is 126 Å². The SMILES string of the molecule is CCC(O)c1cnc(N2CCCc3ccccc32)c(C)c1. The second-order valence-corrected chi connectivity index (χ2v) is 5.72. The van der Waals surface area contributed by atoms with Gasteiger partial charge in [-0.25, -0.2) is 4.98 Å². The van der Waals surface area contributed by atoms with Crippen LogP contribution in [0.4, 0.5) is 11.5 Å². The van der Waals surface area contributed by atoms with E-state index in [1.165, 1.54) is 11.3 Å². The fraction of sp³-hybridized carbons (Fsp3) is 0.389. The maximum Gasteiger partial charge on any atom is 0.135 e. The molecule has 0 bridgehead atoms. The Balaban J connectivity index is 1.98. The highest BCUT2D eigenvalue weighted by Crippen LogP contribution is 2.34. The van der Waals surface area contributed by atoms with Crippen LogP contribution in [0, 0.1) is 6.92 Å². The van der Waals surface area contributed by atoms with E-state index in [0.717, 1.165) is 36.3 Å². The Kier molecular flexibility index (Phi) is 3.93. The molecule has 0 amide bonds. The van der Waals surface area contributed by atoms with Gasteiger partial charge in [-0.05, 0) is 55.0 Å². The molecule has 1 aliphatic heterocycles. The van der Waals surface area contributed by atoms with Gasteiger partial charge in [0.15, 0.2) is 0 Å². The molecular formula is C18H22N2O. The summed E-state index contributed by atoms with van der Waals surface area (Å²) < 4.78 is 0. The van der Waals surface area contributed by atoms with E-state index in [4.69, 9.17) is 0 Å². The zero-order valence-electron chi connectivity index (χ0n) is 12.7. The number of aliphatic hydroxyl groups excluding tert-OH is 1. The topological polar surface area (TPSA) is 36.4 Å². The number of rotatable bonds is 3. The highest BCUT2D eigenvalue weighted by Gasteiger charge is 2.20. The van der Waals surface area contributed by atoms with Crippen LogP contribution in [0.3, 0.4) is 0 Å². The molecule has 0 spiro atoms. The van der Waals surface area contributed by atoms with Gasteiger partial charge in [-0.1, -0.05) is 25.1 Å². The minimum Gasteiger partial charge on any atom is -0.388 e. The predicted molar refractivity (Wildman–Crippen MR) is 86.0 cm³/mol. The van der Waals surface area contributed by atoms with Gasteiger partial charge in [-0.3, -0.25) is 0 Å². The number of hydrogen-bond acceptors (Lipinski definition) is 3. The first-order valence-corrected chi connectivity index (χ1v) is 7.70. The molecule has 0 aliphatic carbocycles. The molecule has 0 saturated heterocycles. The van der Waals surface area contributed by atoms with E-state index in [0.29, 0.717) is 6.42 Å². The van der Waals surface area contributed by atoms with Crippen molar-refractivity contribution in [1.82, 2.24) is 4.98 Å². The second kappa shape index (κ2) is 5.86. The minimum absolute atomic E-state index is 0.418. The van der Waals surface area contributed by atoms with Crippen molar-refractivity contribution in [2.45, 2.75) is 39.2 Å². The summed E-state index contributed by atoms with van der Waals surface area (Å²) in [6.07, 6.45) is 4.40. The molecule has 21 heavy (non-hydrogen) atoms. The number of hydrogen-bond donors (Lipinski definition) is 1. The first-order valence-electron chi connectivity index (χ1n) is 7.70. The zero-order valence-corrected chi connectivity index (χ0v) is 12.7. The van der Waals surface area contributed by atoms with Crippen LogP contribution in [0.5, 0.6) is 0 Å². The summed E-state index contributed by atoms with van der Waals surface area (Å²) in [5.41, 5.74) is 4.69. The van der Waals surface area contributed by atoms with Gasteiger partial charge in [0.2, 0.25) is 0 Å². The largest absolute Gasteiger partial charge is 0.388 e. The van der Waals surface area contributed by atoms with E-state index < -0.39 is 6.10 Å². The Bertz CT molecular complexity index is 639. The molecule has 3 heteroatoms. The van der Waals surface area contributed by atoms with Gasteiger partial charge in [0.1, 0.15) is 5.82 Å². The van der Waals surface area contributed by atoms with Gasteiger partial charge < -0.3 is 10.0 Å². The molecule has 1 aromatic heterocycles. The van der Waals surface area contributed by atoms with Gasteiger partial charge in [-0.2, -0.15) is 0 Å². The number of para-hydroxylation sites is 1. The van der Waals surface area contributed by atoms with Crippen molar-refractivity contribution in [3.8, 4) is 0 Å². The summed E-state index contributed by atoms with van der Waals surface area (Å²) in [6, 6.07) is 10.6. The number of anilines is 2. The molecule has 1 aromatic carbocycles. The van der Waals surface area contributed by atoms with Crippen LogP contribution in [-0.2, 0) is 6.42 Å². The van der Waals surface area contributed by atoms with Crippen molar-refractivity contribution in [2.24, 2.45) is 0 Å². The minimum atomic E-state index is -0.418. The highest BCUT2D eigenvalue weighted by atomic mass is 16.3. The van der Waals surface area contributed by atoms with Crippen LogP contribution in [0.25, 0.3) is 0 Å². The van der Waals surface area contributed by atoms with E-state index in [1.807, 2.05) is 13.1 Å². The van der Waals surface area contributed by atoms with Crippen LogP contribution in [-0.4, -0.2) is 16.6 Å². The number of fused-ring (bicyclic) bond motifs is 1. The van der Waals surface area contributed by atoms with Gasteiger partial charge >= 0.3 is 0 Å². The van der Waals surface area contributed by atoms with Crippen LogP contribution in [0.1, 0.15) is 42.6 Å². The zero-order chi connectivity index (χ0) is 14.8. The van der Waals surface area contributed by atoms with E-state index in [2.05, 4.69) is 47.1 Å². The summed E-state index contributed by atoms with van der Waals surface area (Å²) in [5.74, 6) is 1.01. The van der Waals surface area contributed by atoms with Gasteiger partial charge in [0.25, 0.3) is 0 Å². The third kappa shape index (κ3) is 2.66. The van der Waals surface area contributed by atoms with Gasteiger partial charge in [-0.15, -0.1) is 0 Å². The van der Waals surface area contributed by atoms with Crippen molar-refractivity contribution < 1.29 is 5.11 Å². The standard InChI is InChI=1S/C18H22N2O/c1-3-17(21)15-11-13(2)18(19-12-15)20-10-6-8-14-7-4-5-9-16(14)20/h4-5,7,9,11-12,17,21H,3,6,8,10H2,1-2H3. The summed E-state index contributed by atoms with van der Waals surface area (Å²) in [7, 11) is 0. The van der Waals surface area contributed by atoms with E-state index in [9.17, 15) is 5.11 Å². The monoisotopic (exact) mass is 282 g/mol. The second-order valence-electron chi connectivity index (χ2n) is 5.72. The Hall–Kier alpha value is -1.87. The van der Waals surface area contributed by atoms with Crippen molar-refractivity contribution in [3.05, 3.63) is 53.2 Å². The van der Waals surface area contributed by atoms with Crippen molar-refractivity contribution in [1.29, 1.82) is 0 Å². The summed E-state index contributed by atoms with van der Waals surface area (Å²) in [4.78, 5) is 6.94. The predicted octanol–water partition coefficient (Wildman–Crippen LogP) is 3.92. The maximum absolute atomic E-state index is 9.96. The van der Waals surface area contributed by atoms with Gasteiger partial charge in [0, 0.05) is 18.4 Å². The molecule has 1 aliphatic rings. The third-order valence-electron chi connectivity index (χ3n) is 4.21. The molecule has 110 valence electrons. The quantitative estimate of drug-likeness (QED) is 0.927. The third-order valence-corrected chi connectivity index (χ3v) is 4.21. The summed E-state index contributed by atoms with van der Waals surface area (Å²) in [6.45, 7) is 5.06. The maximum atomic E-state index is 9.96. The lowest BCUT2D eigenvalue weighted by atomic mass is 10.0. The Morgan fingerprint density at radius 1 is 1.33 bits per heavy atom. The lowest BCUT2D eigenvalue weighted by Gasteiger charge is -2.31. The number of aliphatic hydroxyl groups is 1. The summed E-state index contributed by atoms with van der Waals surface area (Å²) >= 11 is 0. The van der Waals surface area contributed by atoms with Crippen LogP contribution in [0.2, 0.25) is 0 Å². The average molecular weight is 282 g/mol. The lowest BCUT2D eigenvalue weighted by molar-refractivity contribution is 0.173.